The number of hydrogen-bond acceptors (Lipinski definition) is 1. The largest absolute Gasteiger partial charge is 0.389 e. The Hall–Kier alpha value is -1.30. The van der Waals surface area contributed by atoms with Gasteiger partial charge in [0.15, 0.2) is 0 Å². The minimum Gasteiger partial charge on any atom is -0.341 e. The third-order valence-corrected chi connectivity index (χ3v) is 3.59. The van der Waals surface area contributed by atoms with Crippen LogP contribution in [0.4, 0.5) is 17.6 Å². The Morgan fingerprint density at radius 2 is 2.00 bits per heavy atom. The summed E-state index contributed by atoms with van der Waals surface area (Å²) in [6.07, 6.45) is -5.96. The van der Waals surface area contributed by atoms with Crippen LogP contribution in [0.25, 0.3) is 0 Å². The number of halogens is 5. The predicted molar refractivity (Wildman–Crippen MR) is 66.0 cm³/mol. The zero-order chi connectivity index (χ0) is 14.9. The lowest BCUT2D eigenvalue weighted by molar-refractivity contribution is -0.151. The third kappa shape index (κ3) is 3.62. The van der Waals surface area contributed by atoms with Crippen LogP contribution in [0.2, 0.25) is 5.02 Å². The number of nitrogens with zero attached hydrogens (tertiary/aromatic N) is 1. The Labute approximate surface area is 118 Å². The van der Waals surface area contributed by atoms with E-state index in [4.69, 9.17) is 11.6 Å². The molecule has 2 rings (SSSR count). The van der Waals surface area contributed by atoms with Crippen molar-refractivity contribution in [3.05, 3.63) is 34.6 Å². The maximum Gasteiger partial charge on any atom is 0.389 e. The molecule has 1 aromatic carbocycles. The second-order valence-corrected chi connectivity index (χ2v) is 5.18. The first-order valence-corrected chi connectivity index (χ1v) is 6.43. The summed E-state index contributed by atoms with van der Waals surface area (Å²) in [7, 11) is 0. The van der Waals surface area contributed by atoms with E-state index in [1.54, 1.807) is 6.07 Å². The first kappa shape index (κ1) is 15.1. The topological polar surface area (TPSA) is 20.3 Å². The van der Waals surface area contributed by atoms with Gasteiger partial charge < -0.3 is 4.90 Å². The summed E-state index contributed by atoms with van der Waals surface area (Å²) in [4.78, 5) is 12.9. The molecule has 0 unspecified atom stereocenters. The lowest BCUT2D eigenvalue weighted by atomic mass is 9.91. The molecule has 0 radical (unpaired) electrons. The van der Waals surface area contributed by atoms with Crippen LogP contribution >= 0.6 is 11.6 Å². The van der Waals surface area contributed by atoms with E-state index in [2.05, 4.69) is 0 Å². The van der Waals surface area contributed by atoms with E-state index in [1.165, 1.54) is 17.0 Å². The number of amides is 1. The highest BCUT2D eigenvalue weighted by Crippen LogP contribution is 2.33. The van der Waals surface area contributed by atoms with E-state index in [1.807, 2.05) is 0 Å². The zero-order valence-electron chi connectivity index (χ0n) is 10.4. The van der Waals surface area contributed by atoms with E-state index in [-0.39, 0.29) is 10.9 Å². The van der Waals surface area contributed by atoms with Crippen LogP contribution in [0.1, 0.15) is 24.3 Å². The van der Waals surface area contributed by atoms with Crippen molar-refractivity contribution in [2.45, 2.75) is 24.9 Å². The average Bonchev–Trinajstić information content (AvgIpc) is 2.26. The molecule has 0 aliphatic carbocycles. The summed E-state index contributed by atoms with van der Waals surface area (Å²) >= 11 is 5.89. The molecule has 0 atom stereocenters. The fourth-order valence-electron chi connectivity index (χ4n) is 2.12. The smallest absolute Gasteiger partial charge is 0.341 e. The second kappa shape index (κ2) is 5.60. The van der Waals surface area contributed by atoms with Crippen LogP contribution in [-0.2, 0) is 4.79 Å². The molecule has 1 saturated heterocycles. The summed E-state index contributed by atoms with van der Waals surface area (Å²) in [5.74, 6) is -1.01. The fourth-order valence-corrected chi connectivity index (χ4v) is 2.44. The molecule has 1 aromatic rings. The lowest BCUT2D eigenvalue weighted by Gasteiger charge is -2.40. The van der Waals surface area contributed by atoms with E-state index in [0.717, 1.165) is 0 Å². The SMILES string of the molecule is O=C(CCC(F)(F)F)N1CC(c2ccc(F)cc2Cl)C1. The van der Waals surface area contributed by atoms with Gasteiger partial charge in [-0.3, -0.25) is 4.79 Å². The molecular weight excluding hydrogens is 298 g/mol. The number of benzene rings is 1. The highest BCUT2D eigenvalue weighted by Gasteiger charge is 2.35. The molecule has 0 N–H and O–H groups in total. The molecule has 1 heterocycles. The van der Waals surface area contributed by atoms with Crippen molar-refractivity contribution < 1.29 is 22.4 Å². The van der Waals surface area contributed by atoms with E-state index in [9.17, 15) is 22.4 Å². The van der Waals surface area contributed by atoms with Gasteiger partial charge in [-0.25, -0.2) is 4.39 Å². The number of carbonyl (C=O) groups excluding carboxylic acids is 1. The molecule has 1 amide bonds. The molecule has 7 heteroatoms. The molecule has 2 nitrogen and oxygen atoms in total. The van der Waals surface area contributed by atoms with E-state index >= 15 is 0 Å². The average molecular weight is 310 g/mol. The Balaban J connectivity index is 1.86. The molecule has 1 aliphatic rings. The number of carbonyl (C=O) groups is 1. The number of rotatable bonds is 3. The molecule has 1 aliphatic heterocycles. The lowest BCUT2D eigenvalue weighted by Crippen LogP contribution is -2.48. The van der Waals surface area contributed by atoms with Gasteiger partial charge in [0.1, 0.15) is 5.82 Å². The van der Waals surface area contributed by atoms with E-state index in [0.29, 0.717) is 18.7 Å². The van der Waals surface area contributed by atoms with Gasteiger partial charge in [-0.05, 0) is 17.7 Å². The van der Waals surface area contributed by atoms with Crippen molar-refractivity contribution in [2.75, 3.05) is 13.1 Å². The van der Waals surface area contributed by atoms with Crippen LogP contribution in [-0.4, -0.2) is 30.1 Å². The van der Waals surface area contributed by atoms with E-state index < -0.39 is 30.7 Å². The van der Waals surface area contributed by atoms with Gasteiger partial charge >= 0.3 is 6.18 Å². The highest BCUT2D eigenvalue weighted by molar-refractivity contribution is 6.31. The third-order valence-electron chi connectivity index (χ3n) is 3.26. The molecule has 1 fully saturated rings. The molecule has 110 valence electrons. The van der Waals surface area contributed by atoms with Crippen LogP contribution < -0.4 is 0 Å². The Morgan fingerprint density at radius 3 is 2.55 bits per heavy atom. The predicted octanol–water partition coefficient (Wildman–Crippen LogP) is 3.75. The monoisotopic (exact) mass is 309 g/mol. The molecule has 0 saturated carbocycles. The van der Waals surface area contributed by atoms with Gasteiger partial charge in [0.2, 0.25) is 5.91 Å². The summed E-state index contributed by atoms with van der Waals surface area (Å²) < 4.78 is 48.9. The molecule has 0 aromatic heterocycles. The van der Waals surface area contributed by atoms with Crippen molar-refractivity contribution in [1.29, 1.82) is 0 Å². The van der Waals surface area contributed by atoms with Crippen LogP contribution in [0.3, 0.4) is 0 Å². The molecule has 20 heavy (non-hydrogen) atoms. The van der Waals surface area contributed by atoms with Crippen LogP contribution in [0.5, 0.6) is 0 Å². The van der Waals surface area contributed by atoms with Crippen molar-refractivity contribution in [3.8, 4) is 0 Å². The van der Waals surface area contributed by atoms with Crippen LogP contribution in [0.15, 0.2) is 18.2 Å². The van der Waals surface area contributed by atoms with Crippen molar-refractivity contribution >= 4 is 17.5 Å². The van der Waals surface area contributed by atoms with Crippen molar-refractivity contribution in [2.24, 2.45) is 0 Å². The Morgan fingerprint density at radius 1 is 1.35 bits per heavy atom. The minimum absolute atomic E-state index is 0.0436. The first-order chi connectivity index (χ1) is 9.26. The minimum atomic E-state index is -4.32. The normalized spacial score (nSPS) is 16.1. The molecule has 0 spiro atoms. The Kier molecular flexibility index (Phi) is 4.22. The summed E-state index contributed by atoms with van der Waals surface area (Å²) in [6, 6.07) is 4.00. The second-order valence-electron chi connectivity index (χ2n) is 4.78. The maximum atomic E-state index is 12.9. The highest BCUT2D eigenvalue weighted by atomic mass is 35.5. The fraction of sp³-hybridized carbons (Fsp3) is 0.462. The van der Waals surface area contributed by atoms with Crippen molar-refractivity contribution in [3.63, 3.8) is 0 Å². The number of hydrogen-bond donors (Lipinski definition) is 0. The maximum absolute atomic E-state index is 12.9. The van der Waals surface area contributed by atoms with Gasteiger partial charge in [0.05, 0.1) is 6.42 Å². The zero-order valence-corrected chi connectivity index (χ0v) is 11.1. The van der Waals surface area contributed by atoms with Gasteiger partial charge in [-0.1, -0.05) is 17.7 Å². The van der Waals surface area contributed by atoms with Gasteiger partial charge in [-0.2, -0.15) is 13.2 Å². The quantitative estimate of drug-likeness (QED) is 0.779. The molecular formula is C13H12ClF4NO. The van der Waals surface area contributed by atoms with Crippen LogP contribution in [0, 0.1) is 5.82 Å². The van der Waals surface area contributed by atoms with Gasteiger partial charge in [-0.15, -0.1) is 0 Å². The van der Waals surface area contributed by atoms with Crippen molar-refractivity contribution in [1.82, 2.24) is 4.90 Å². The number of alkyl halides is 3. The standard InChI is InChI=1S/C13H12ClF4NO/c14-11-5-9(15)1-2-10(11)8-6-19(7-8)12(20)3-4-13(16,17)18/h1-2,5,8H,3-4,6-7H2. The molecule has 0 bridgehead atoms. The first-order valence-electron chi connectivity index (χ1n) is 6.06. The summed E-state index contributed by atoms with van der Waals surface area (Å²) in [6.45, 7) is 0.643. The Bertz CT molecular complexity index is 512. The summed E-state index contributed by atoms with van der Waals surface area (Å²) in [5.41, 5.74) is 0.716. The number of likely N-dealkylation sites (tertiary alicyclic amines) is 1. The summed E-state index contributed by atoms with van der Waals surface area (Å²) in [5, 5.41) is 0.275. The van der Waals surface area contributed by atoms with Gasteiger partial charge in [0.25, 0.3) is 0 Å². The van der Waals surface area contributed by atoms with Gasteiger partial charge in [0, 0.05) is 30.5 Å².